The summed E-state index contributed by atoms with van der Waals surface area (Å²) in [4.78, 5) is 0. The quantitative estimate of drug-likeness (QED) is 0.453. The van der Waals surface area contributed by atoms with Crippen molar-refractivity contribution in [3.63, 3.8) is 0 Å². The van der Waals surface area contributed by atoms with Gasteiger partial charge in [-0.05, 0) is 0 Å². The van der Waals surface area contributed by atoms with Gasteiger partial charge in [-0.3, -0.25) is 4.76 Å². The van der Waals surface area contributed by atoms with Crippen LogP contribution >= 0.6 is 0 Å². The van der Waals surface area contributed by atoms with Crippen LogP contribution < -0.4 is 0 Å². The van der Waals surface area contributed by atoms with Crippen molar-refractivity contribution in [2.75, 3.05) is 6.73 Å². The molecule has 6 heteroatoms. The third kappa shape index (κ3) is 1.92. The van der Waals surface area contributed by atoms with Crippen LogP contribution in [0.1, 0.15) is 0 Å². The van der Waals surface area contributed by atoms with Gasteiger partial charge in [0.15, 0.2) is 6.73 Å². The molecule has 0 saturated heterocycles. The largest absolute Gasteiger partial charge is 0.656 e. The molecule has 0 spiro atoms. The van der Waals surface area contributed by atoms with Crippen LogP contribution in [0.5, 0.6) is 0 Å². The van der Waals surface area contributed by atoms with Gasteiger partial charge in [-0.1, -0.05) is 0 Å². The zero-order valence-corrected chi connectivity index (χ0v) is 4.60. The highest BCUT2D eigenvalue weighted by molar-refractivity contribution is 6.32. The van der Waals surface area contributed by atoms with Gasteiger partial charge >= 0.3 is 7.32 Å². The summed E-state index contributed by atoms with van der Waals surface area (Å²) in [6.07, 6.45) is 2.84. The first-order valence-electron chi connectivity index (χ1n) is 2.37. The zero-order chi connectivity index (χ0) is 6.69. The molecule has 0 atom stereocenters. The van der Waals surface area contributed by atoms with Gasteiger partial charge in [0.05, 0.1) is 6.20 Å². The third-order valence-electron chi connectivity index (χ3n) is 0.755. The number of hydrogen-bond donors (Lipinski definition) is 2. The van der Waals surface area contributed by atoms with Crippen molar-refractivity contribution >= 4 is 7.32 Å². The van der Waals surface area contributed by atoms with Crippen LogP contribution in [0.4, 0.5) is 0 Å². The fraction of sp³-hybridized carbons (Fsp3) is 0.333. The highest BCUT2D eigenvalue weighted by Crippen LogP contribution is 2.00. The van der Waals surface area contributed by atoms with Gasteiger partial charge in [-0.2, -0.15) is 0 Å². The lowest BCUT2D eigenvalue weighted by molar-refractivity contribution is -0.0840. The molecule has 9 heavy (non-hydrogen) atoms. The minimum atomic E-state index is -1.78. The second kappa shape index (κ2) is 2.72. The van der Waals surface area contributed by atoms with E-state index in [9.17, 15) is 0 Å². The van der Waals surface area contributed by atoms with E-state index in [0.29, 0.717) is 0 Å². The topological polar surface area (TPSA) is 62.2 Å². The summed E-state index contributed by atoms with van der Waals surface area (Å²) in [6, 6.07) is 0. The van der Waals surface area contributed by atoms with Gasteiger partial charge in [-0.25, -0.2) is 5.06 Å². The molecule has 0 unspecified atom stereocenters. The summed E-state index contributed by atoms with van der Waals surface area (Å²) in [6.45, 7) is 0.192. The minimum absolute atomic E-state index is 0.192. The third-order valence-corrected chi connectivity index (χ3v) is 0.755. The lowest BCUT2D eigenvalue weighted by atomic mass is 10.3. The average Bonchev–Trinajstić information content (AvgIpc) is 2.15. The van der Waals surface area contributed by atoms with E-state index >= 15 is 0 Å². The van der Waals surface area contributed by atoms with Crippen LogP contribution in [0.15, 0.2) is 12.5 Å². The van der Waals surface area contributed by atoms with E-state index in [2.05, 4.69) is 9.49 Å². The van der Waals surface area contributed by atoms with Gasteiger partial charge in [0.25, 0.3) is 0 Å². The van der Waals surface area contributed by atoms with Crippen LogP contribution in [0.25, 0.3) is 0 Å². The molecule has 0 radical (unpaired) electrons. The van der Waals surface area contributed by atoms with Crippen LogP contribution in [0.3, 0.4) is 0 Å². The van der Waals surface area contributed by atoms with E-state index in [-0.39, 0.29) is 6.73 Å². The van der Waals surface area contributed by atoms with Crippen LogP contribution in [-0.4, -0.2) is 29.2 Å². The normalized spacial score (nSPS) is 16.0. The van der Waals surface area contributed by atoms with E-state index < -0.39 is 7.32 Å². The van der Waals surface area contributed by atoms with Crippen molar-refractivity contribution in [2.45, 2.75) is 0 Å². The maximum Gasteiger partial charge on any atom is 0.656 e. The van der Waals surface area contributed by atoms with Crippen LogP contribution in [0, 0.1) is 0 Å². The van der Waals surface area contributed by atoms with Crippen molar-refractivity contribution in [1.82, 2.24) is 5.06 Å². The molecule has 0 fully saturated rings. The molecule has 1 aliphatic heterocycles. The second-order valence-corrected chi connectivity index (χ2v) is 1.43. The molecule has 0 aromatic heterocycles. The minimum Gasteiger partial charge on any atom is -0.477 e. The average molecular weight is 131 g/mol. The summed E-state index contributed by atoms with van der Waals surface area (Å²) in [7, 11) is -1.78. The first-order chi connectivity index (χ1) is 4.29. The Balaban J connectivity index is 2.20. The van der Waals surface area contributed by atoms with E-state index in [4.69, 9.17) is 10.0 Å². The van der Waals surface area contributed by atoms with E-state index in [0.717, 1.165) is 5.06 Å². The maximum atomic E-state index is 8.22. The molecule has 5 nitrogen and oxygen atoms in total. The van der Waals surface area contributed by atoms with Gasteiger partial charge in [-0.15, -0.1) is 0 Å². The van der Waals surface area contributed by atoms with Crippen molar-refractivity contribution in [2.24, 2.45) is 0 Å². The number of nitrogens with zero attached hydrogens (tertiary/aromatic N) is 1. The highest BCUT2D eigenvalue weighted by atomic mass is 16.8. The molecule has 0 aromatic carbocycles. The Morgan fingerprint density at radius 3 is 2.89 bits per heavy atom. The Morgan fingerprint density at radius 1 is 1.67 bits per heavy atom. The first-order valence-corrected chi connectivity index (χ1v) is 2.37. The van der Waals surface area contributed by atoms with E-state index in [1.807, 2.05) is 0 Å². The Kier molecular flexibility index (Phi) is 1.94. The van der Waals surface area contributed by atoms with Gasteiger partial charge in [0.2, 0.25) is 0 Å². The summed E-state index contributed by atoms with van der Waals surface area (Å²) in [5, 5.41) is 17.6. The molecule has 50 valence electrons. The lowest BCUT2D eigenvalue weighted by Crippen LogP contribution is -2.27. The summed E-state index contributed by atoms with van der Waals surface area (Å²) in [5.41, 5.74) is 0. The van der Waals surface area contributed by atoms with Crippen LogP contribution in [-0.2, 0) is 9.49 Å². The SMILES string of the molecule is OB(O)ON1C=COC1. The molecule has 1 heterocycles. The first kappa shape index (κ1) is 6.41. The number of hydroxylamine groups is 2. The Morgan fingerprint density at radius 2 is 2.44 bits per heavy atom. The summed E-state index contributed by atoms with van der Waals surface area (Å²) in [5.74, 6) is 0. The molecule has 0 aliphatic carbocycles. The van der Waals surface area contributed by atoms with Gasteiger partial charge in [0, 0.05) is 0 Å². The van der Waals surface area contributed by atoms with Gasteiger partial charge < -0.3 is 14.8 Å². The summed E-state index contributed by atoms with van der Waals surface area (Å²) >= 11 is 0. The Hall–Kier alpha value is -0.715. The van der Waals surface area contributed by atoms with Crippen LogP contribution in [0.2, 0.25) is 0 Å². The molecule has 0 saturated carbocycles. The standard InChI is InChI=1S/C3H6BNO4/c6-4(7)9-5-1-2-8-3-5/h1-2,6-7H,3H2. The fourth-order valence-corrected chi connectivity index (χ4v) is 0.457. The lowest BCUT2D eigenvalue weighted by Gasteiger charge is -2.11. The molecular formula is C3H6BNO4. The van der Waals surface area contributed by atoms with Crippen molar-refractivity contribution < 1.29 is 19.5 Å². The van der Waals surface area contributed by atoms with E-state index in [1.165, 1.54) is 12.5 Å². The predicted octanol–water partition coefficient (Wildman–Crippen LogP) is -1.35. The fourth-order valence-electron chi connectivity index (χ4n) is 0.457. The summed E-state index contributed by atoms with van der Waals surface area (Å²) < 4.78 is 9.00. The Bertz CT molecular complexity index is 116. The zero-order valence-electron chi connectivity index (χ0n) is 4.60. The number of rotatable bonds is 2. The maximum absolute atomic E-state index is 8.22. The molecule has 0 amide bonds. The molecule has 1 rings (SSSR count). The molecule has 0 bridgehead atoms. The smallest absolute Gasteiger partial charge is 0.477 e. The van der Waals surface area contributed by atoms with Crippen molar-refractivity contribution in [1.29, 1.82) is 0 Å². The molecule has 1 aliphatic rings. The molecule has 2 N–H and O–H groups in total. The second-order valence-electron chi connectivity index (χ2n) is 1.43. The predicted molar refractivity (Wildman–Crippen MR) is 28.2 cm³/mol. The molecule has 0 aromatic rings. The molecular weight excluding hydrogens is 125 g/mol. The Labute approximate surface area is 52.2 Å². The van der Waals surface area contributed by atoms with E-state index in [1.54, 1.807) is 0 Å². The van der Waals surface area contributed by atoms with Crippen molar-refractivity contribution in [3.05, 3.63) is 12.5 Å². The van der Waals surface area contributed by atoms with Crippen molar-refractivity contribution in [3.8, 4) is 0 Å². The number of ether oxygens (including phenoxy) is 1. The monoisotopic (exact) mass is 131 g/mol. The van der Waals surface area contributed by atoms with Gasteiger partial charge in [0.1, 0.15) is 6.26 Å². The highest BCUT2D eigenvalue weighted by Gasteiger charge is 2.15. The number of hydrogen-bond acceptors (Lipinski definition) is 5.